The summed E-state index contributed by atoms with van der Waals surface area (Å²) in [5.41, 5.74) is 7.29. The molecule has 0 spiro atoms. The first-order chi connectivity index (χ1) is 8.76. The molecule has 2 N–H and O–H groups in total. The van der Waals surface area contributed by atoms with Crippen LogP contribution in [0.25, 0.3) is 0 Å². The molecule has 0 bridgehead atoms. The van der Waals surface area contributed by atoms with Crippen molar-refractivity contribution in [1.29, 1.82) is 0 Å². The minimum absolute atomic E-state index is 0.607. The number of anilines is 1. The predicted octanol–water partition coefficient (Wildman–Crippen LogP) is 3.28. The monoisotopic (exact) mass is 246 g/mol. The van der Waals surface area contributed by atoms with Gasteiger partial charge in [-0.3, -0.25) is 0 Å². The van der Waals surface area contributed by atoms with Gasteiger partial charge in [0.15, 0.2) is 0 Å². The highest BCUT2D eigenvalue weighted by Crippen LogP contribution is 2.34. The van der Waals surface area contributed by atoms with Gasteiger partial charge in [0.25, 0.3) is 0 Å². The third-order valence-corrected chi connectivity index (χ3v) is 4.61. The lowest BCUT2D eigenvalue weighted by Gasteiger charge is -2.41. The second-order valence-electron chi connectivity index (χ2n) is 5.60. The molecule has 1 fully saturated rings. The van der Waals surface area contributed by atoms with E-state index in [2.05, 4.69) is 49.2 Å². The van der Waals surface area contributed by atoms with E-state index in [4.69, 9.17) is 5.73 Å². The highest BCUT2D eigenvalue weighted by atomic mass is 15.1. The average Bonchev–Trinajstić information content (AvgIpc) is 2.46. The summed E-state index contributed by atoms with van der Waals surface area (Å²) in [6.45, 7) is 3.13. The molecule has 18 heavy (non-hydrogen) atoms. The van der Waals surface area contributed by atoms with Crippen LogP contribution in [0.2, 0.25) is 0 Å². The summed E-state index contributed by atoms with van der Waals surface area (Å²) in [6.07, 6.45) is 5.24. The van der Waals surface area contributed by atoms with E-state index in [1.807, 2.05) is 0 Å². The van der Waals surface area contributed by atoms with Gasteiger partial charge in [0, 0.05) is 18.8 Å². The predicted molar refractivity (Wildman–Crippen MR) is 78.8 cm³/mol. The minimum Gasteiger partial charge on any atom is -0.371 e. The van der Waals surface area contributed by atoms with Gasteiger partial charge in [-0.25, -0.2) is 0 Å². The molecule has 1 aliphatic rings. The lowest BCUT2D eigenvalue weighted by atomic mass is 9.76. The van der Waals surface area contributed by atoms with E-state index in [-0.39, 0.29) is 0 Å². The van der Waals surface area contributed by atoms with E-state index >= 15 is 0 Å². The molecular weight excluding hydrogens is 220 g/mol. The molecule has 100 valence electrons. The lowest BCUT2D eigenvalue weighted by molar-refractivity contribution is 0.232. The Morgan fingerprint density at radius 1 is 1.22 bits per heavy atom. The largest absolute Gasteiger partial charge is 0.371 e. The van der Waals surface area contributed by atoms with Crippen LogP contribution in [-0.2, 0) is 0 Å². The number of hydrogen-bond donors (Lipinski definition) is 1. The smallest absolute Gasteiger partial charge is 0.0366 e. The molecule has 1 aromatic carbocycles. The molecule has 2 heteroatoms. The number of para-hydroxylation sites is 1. The highest BCUT2D eigenvalue weighted by molar-refractivity contribution is 5.46. The Morgan fingerprint density at radius 2 is 1.94 bits per heavy atom. The zero-order valence-electron chi connectivity index (χ0n) is 11.7. The molecule has 0 aromatic heterocycles. The summed E-state index contributed by atoms with van der Waals surface area (Å²) in [7, 11) is 2.22. The maximum atomic E-state index is 5.97. The average molecular weight is 246 g/mol. The molecule has 0 saturated heterocycles. The van der Waals surface area contributed by atoms with Crippen molar-refractivity contribution in [3.05, 3.63) is 30.3 Å². The molecule has 0 radical (unpaired) electrons. The van der Waals surface area contributed by atoms with Gasteiger partial charge in [-0.05, 0) is 49.8 Å². The maximum Gasteiger partial charge on any atom is 0.0366 e. The molecule has 3 atom stereocenters. The topological polar surface area (TPSA) is 29.3 Å². The molecule has 1 aromatic rings. The summed E-state index contributed by atoms with van der Waals surface area (Å²) >= 11 is 0. The Morgan fingerprint density at radius 3 is 2.56 bits per heavy atom. The number of rotatable bonds is 4. The van der Waals surface area contributed by atoms with E-state index < -0.39 is 0 Å². The van der Waals surface area contributed by atoms with E-state index in [0.717, 1.165) is 12.5 Å². The van der Waals surface area contributed by atoms with Gasteiger partial charge < -0.3 is 10.6 Å². The number of hydrogen-bond acceptors (Lipinski definition) is 2. The van der Waals surface area contributed by atoms with Gasteiger partial charge in [-0.1, -0.05) is 31.5 Å². The molecule has 0 amide bonds. The standard InChI is InChI=1S/C16H26N2/c1-3-13-9-10-14(12-17)16(11-13)18(2)15-7-5-4-6-8-15/h4-8,13-14,16H,3,9-12,17H2,1-2H3. The van der Waals surface area contributed by atoms with E-state index in [0.29, 0.717) is 12.0 Å². The van der Waals surface area contributed by atoms with Crippen molar-refractivity contribution in [3.63, 3.8) is 0 Å². The van der Waals surface area contributed by atoms with Gasteiger partial charge in [-0.2, -0.15) is 0 Å². The van der Waals surface area contributed by atoms with Gasteiger partial charge >= 0.3 is 0 Å². The SMILES string of the molecule is CCC1CCC(CN)C(N(C)c2ccccc2)C1. The maximum absolute atomic E-state index is 5.97. The Hall–Kier alpha value is -1.02. The first kappa shape index (κ1) is 13.4. The second kappa shape index (κ2) is 6.24. The van der Waals surface area contributed by atoms with Crippen molar-refractivity contribution in [2.45, 2.75) is 38.6 Å². The highest BCUT2D eigenvalue weighted by Gasteiger charge is 2.31. The van der Waals surface area contributed by atoms with E-state index in [1.165, 1.54) is 31.4 Å². The summed E-state index contributed by atoms with van der Waals surface area (Å²) in [5.74, 6) is 1.53. The van der Waals surface area contributed by atoms with Crippen molar-refractivity contribution < 1.29 is 0 Å². The Bertz CT molecular complexity index is 349. The number of nitrogens with two attached hydrogens (primary N) is 1. The van der Waals surface area contributed by atoms with Crippen molar-refractivity contribution in [3.8, 4) is 0 Å². The van der Waals surface area contributed by atoms with Gasteiger partial charge in [0.2, 0.25) is 0 Å². The van der Waals surface area contributed by atoms with Gasteiger partial charge in [0.05, 0.1) is 0 Å². The van der Waals surface area contributed by atoms with E-state index in [1.54, 1.807) is 0 Å². The Kier molecular flexibility index (Phi) is 4.65. The summed E-state index contributed by atoms with van der Waals surface area (Å²) in [4.78, 5) is 2.44. The fourth-order valence-electron chi connectivity index (χ4n) is 3.27. The molecule has 2 rings (SSSR count). The van der Waals surface area contributed by atoms with Crippen molar-refractivity contribution in [1.82, 2.24) is 0 Å². The van der Waals surface area contributed by atoms with Crippen molar-refractivity contribution >= 4 is 5.69 Å². The third-order valence-electron chi connectivity index (χ3n) is 4.61. The summed E-state index contributed by atoms with van der Waals surface area (Å²) in [6, 6.07) is 11.3. The molecule has 1 saturated carbocycles. The minimum atomic E-state index is 0.607. The summed E-state index contributed by atoms with van der Waals surface area (Å²) in [5, 5.41) is 0. The van der Waals surface area contributed by atoms with Crippen LogP contribution in [0.1, 0.15) is 32.6 Å². The van der Waals surface area contributed by atoms with Crippen LogP contribution in [0, 0.1) is 11.8 Å². The first-order valence-electron chi connectivity index (χ1n) is 7.24. The van der Waals surface area contributed by atoms with Gasteiger partial charge in [0.1, 0.15) is 0 Å². The van der Waals surface area contributed by atoms with Crippen LogP contribution in [0.5, 0.6) is 0 Å². The third kappa shape index (κ3) is 2.86. The van der Waals surface area contributed by atoms with Crippen LogP contribution in [0.15, 0.2) is 30.3 Å². The normalized spacial score (nSPS) is 28.1. The second-order valence-corrected chi connectivity index (χ2v) is 5.60. The van der Waals surface area contributed by atoms with E-state index in [9.17, 15) is 0 Å². The molecular formula is C16H26N2. The van der Waals surface area contributed by atoms with Crippen molar-refractivity contribution in [2.75, 3.05) is 18.5 Å². The Balaban J connectivity index is 2.12. The Labute approximate surface area is 111 Å². The van der Waals surface area contributed by atoms with Gasteiger partial charge in [-0.15, -0.1) is 0 Å². The summed E-state index contributed by atoms with van der Waals surface area (Å²) < 4.78 is 0. The van der Waals surface area contributed by atoms with Crippen LogP contribution in [0.4, 0.5) is 5.69 Å². The molecule has 2 nitrogen and oxygen atoms in total. The van der Waals surface area contributed by atoms with Crippen LogP contribution in [0.3, 0.4) is 0 Å². The molecule has 0 heterocycles. The van der Waals surface area contributed by atoms with Crippen LogP contribution < -0.4 is 10.6 Å². The lowest BCUT2D eigenvalue weighted by Crippen LogP contribution is -2.45. The zero-order chi connectivity index (χ0) is 13.0. The van der Waals surface area contributed by atoms with Crippen LogP contribution >= 0.6 is 0 Å². The van der Waals surface area contributed by atoms with Crippen LogP contribution in [-0.4, -0.2) is 19.6 Å². The number of nitrogens with zero attached hydrogens (tertiary/aromatic N) is 1. The van der Waals surface area contributed by atoms with Crippen molar-refractivity contribution in [2.24, 2.45) is 17.6 Å². The fraction of sp³-hybridized carbons (Fsp3) is 0.625. The first-order valence-corrected chi connectivity index (χ1v) is 7.24. The number of benzene rings is 1. The molecule has 3 unspecified atom stereocenters. The fourth-order valence-corrected chi connectivity index (χ4v) is 3.27. The molecule has 1 aliphatic carbocycles. The zero-order valence-corrected chi connectivity index (χ0v) is 11.7. The molecule has 0 aliphatic heterocycles. The quantitative estimate of drug-likeness (QED) is 0.883.